The van der Waals surface area contributed by atoms with Gasteiger partial charge in [0, 0.05) is 0 Å². The zero-order chi connectivity index (χ0) is 27.3. The molecule has 0 N–H and O–H groups in total. The molecule has 0 rings (SSSR count). The van der Waals surface area contributed by atoms with Crippen LogP contribution in [0, 0.1) is 5.92 Å². The van der Waals surface area contributed by atoms with E-state index < -0.39 is 12.1 Å². The van der Waals surface area contributed by atoms with Crippen molar-refractivity contribution in [2.45, 2.75) is 201 Å². The van der Waals surface area contributed by atoms with E-state index in [-0.39, 0.29) is 6.10 Å². The molecule has 2 atom stereocenters. The maximum absolute atomic E-state index is 14.6. The summed E-state index contributed by atoms with van der Waals surface area (Å²) in [5.74, 6) is 0.155. The zero-order valence-corrected chi connectivity index (χ0v) is 25.7. The minimum atomic E-state index is -1.45. The van der Waals surface area contributed by atoms with E-state index in [1.54, 1.807) is 0 Å². The Bertz CT molecular complexity index is 414. The zero-order valence-electron chi connectivity index (χ0n) is 25.7. The van der Waals surface area contributed by atoms with Crippen LogP contribution in [0.3, 0.4) is 0 Å². The van der Waals surface area contributed by atoms with Crippen LogP contribution in [-0.4, -0.2) is 18.2 Å². The molecule has 0 radical (unpaired) electrons. The molecule has 0 fully saturated rings. The van der Waals surface area contributed by atoms with E-state index in [0.29, 0.717) is 6.42 Å². The van der Waals surface area contributed by atoms with Crippen LogP contribution in [0.1, 0.15) is 189 Å². The highest BCUT2D eigenvalue weighted by Gasteiger charge is 2.22. The van der Waals surface area contributed by atoms with E-state index in [9.17, 15) is 9.18 Å². The van der Waals surface area contributed by atoms with E-state index in [1.165, 1.54) is 103 Å². The molecule has 0 heterocycles. The fraction of sp³-hybridized carbons (Fsp3) is 0.970. The highest BCUT2D eigenvalue weighted by molar-refractivity contribution is 5.74. The lowest BCUT2D eigenvalue weighted by atomic mass is 9.92. The van der Waals surface area contributed by atoms with Crippen LogP contribution >= 0.6 is 0 Å². The molecule has 2 nitrogen and oxygen atoms in total. The molecule has 0 aliphatic heterocycles. The SMILES string of the molecule is CC.CCCCCCCCCC(CC)CCCCC(F)C(=O)OC(CCCCCC)CCCCCC. The van der Waals surface area contributed by atoms with Gasteiger partial charge in [0.1, 0.15) is 6.10 Å². The molecule has 0 amide bonds. The summed E-state index contributed by atoms with van der Waals surface area (Å²) in [4.78, 5) is 12.4. The van der Waals surface area contributed by atoms with Crippen LogP contribution in [0.4, 0.5) is 4.39 Å². The van der Waals surface area contributed by atoms with E-state index in [0.717, 1.165) is 44.4 Å². The van der Waals surface area contributed by atoms with Crippen LogP contribution in [0.25, 0.3) is 0 Å². The topological polar surface area (TPSA) is 26.3 Å². The largest absolute Gasteiger partial charge is 0.460 e. The maximum Gasteiger partial charge on any atom is 0.340 e. The van der Waals surface area contributed by atoms with Crippen molar-refractivity contribution in [2.75, 3.05) is 0 Å². The number of ether oxygens (including phenoxy) is 1. The first-order valence-corrected chi connectivity index (χ1v) is 16.4. The lowest BCUT2D eigenvalue weighted by Crippen LogP contribution is -2.25. The van der Waals surface area contributed by atoms with Crippen LogP contribution in [-0.2, 0) is 9.53 Å². The van der Waals surface area contributed by atoms with Gasteiger partial charge in [-0.15, -0.1) is 0 Å². The van der Waals surface area contributed by atoms with Crippen LogP contribution in [0.5, 0.6) is 0 Å². The molecule has 0 saturated carbocycles. The molecule has 0 saturated heterocycles. The van der Waals surface area contributed by atoms with Gasteiger partial charge in [-0.05, 0) is 44.4 Å². The standard InChI is InChI=1S/C31H61FO2.C2H6/c1-5-9-12-15-16-17-18-23-28(8-4)24-21-22-27-30(32)31(33)34-29(25-19-13-10-6-2)26-20-14-11-7-3;1-2/h28-30H,5-27H2,1-4H3;1-2H3. The number of carbonyl (C=O) groups excluding carboxylic acids is 1. The second kappa shape index (κ2) is 30.6. The minimum absolute atomic E-state index is 0.0918. The number of alkyl halides is 1. The molecule has 36 heavy (non-hydrogen) atoms. The molecule has 0 aromatic rings. The second-order valence-electron chi connectivity index (χ2n) is 10.7. The summed E-state index contributed by atoms with van der Waals surface area (Å²) >= 11 is 0. The second-order valence-corrected chi connectivity index (χ2v) is 10.7. The molecule has 0 aromatic carbocycles. The molecule has 3 heteroatoms. The van der Waals surface area contributed by atoms with Crippen LogP contribution in [0.15, 0.2) is 0 Å². The fourth-order valence-electron chi connectivity index (χ4n) is 4.91. The predicted octanol–water partition coefficient (Wildman–Crippen LogP) is 11.9. The van der Waals surface area contributed by atoms with Crippen molar-refractivity contribution >= 4 is 5.97 Å². The molecular formula is C33H67FO2. The number of halogens is 1. The van der Waals surface area contributed by atoms with Gasteiger partial charge in [0.05, 0.1) is 0 Å². The van der Waals surface area contributed by atoms with Crippen molar-refractivity contribution in [3.05, 3.63) is 0 Å². The normalized spacial score (nSPS) is 12.8. The lowest BCUT2D eigenvalue weighted by Gasteiger charge is -2.19. The molecule has 218 valence electrons. The first-order valence-electron chi connectivity index (χ1n) is 16.4. The molecule has 0 aliphatic rings. The number of hydrogen-bond acceptors (Lipinski definition) is 2. The van der Waals surface area contributed by atoms with Gasteiger partial charge in [0.2, 0.25) is 0 Å². The first-order chi connectivity index (χ1) is 17.6. The molecular weight excluding hydrogens is 447 g/mol. The van der Waals surface area contributed by atoms with Gasteiger partial charge in [0.25, 0.3) is 0 Å². The van der Waals surface area contributed by atoms with Crippen LogP contribution < -0.4 is 0 Å². The van der Waals surface area contributed by atoms with E-state index in [4.69, 9.17) is 4.74 Å². The Hall–Kier alpha value is -0.600. The van der Waals surface area contributed by atoms with Gasteiger partial charge in [-0.1, -0.05) is 151 Å². The van der Waals surface area contributed by atoms with Gasteiger partial charge >= 0.3 is 5.97 Å². The Balaban J connectivity index is 0. The summed E-state index contributed by atoms with van der Waals surface area (Å²) in [5.41, 5.74) is 0. The quantitative estimate of drug-likeness (QED) is 0.0847. The van der Waals surface area contributed by atoms with Crippen molar-refractivity contribution in [1.29, 1.82) is 0 Å². The lowest BCUT2D eigenvalue weighted by molar-refractivity contribution is -0.156. The van der Waals surface area contributed by atoms with Crippen molar-refractivity contribution < 1.29 is 13.9 Å². The van der Waals surface area contributed by atoms with Gasteiger partial charge in [0.15, 0.2) is 6.17 Å². The Kier molecular flexibility index (Phi) is 31.9. The summed E-state index contributed by atoms with van der Waals surface area (Å²) in [7, 11) is 0. The predicted molar refractivity (Wildman–Crippen MR) is 159 cm³/mol. The van der Waals surface area contributed by atoms with Gasteiger partial charge in [-0.2, -0.15) is 0 Å². The third kappa shape index (κ3) is 25.1. The maximum atomic E-state index is 14.6. The van der Waals surface area contributed by atoms with Crippen molar-refractivity contribution in [2.24, 2.45) is 5.92 Å². The molecule has 0 bridgehead atoms. The number of unbranched alkanes of at least 4 members (excludes halogenated alkanes) is 13. The van der Waals surface area contributed by atoms with Crippen molar-refractivity contribution in [3.63, 3.8) is 0 Å². The van der Waals surface area contributed by atoms with E-state index in [1.807, 2.05) is 13.8 Å². The van der Waals surface area contributed by atoms with Gasteiger partial charge in [-0.25, -0.2) is 9.18 Å². The van der Waals surface area contributed by atoms with Crippen molar-refractivity contribution in [3.8, 4) is 0 Å². The molecule has 0 spiro atoms. The monoisotopic (exact) mass is 515 g/mol. The summed E-state index contributed by atoms with van der Waals surface area (Å²) in [6, 6.07) is 0. The first kappa shape index (κ1) is 37.6. The van der Waals surface area contributed by atoms with Gasteiger partial charge < -0.3 is 4.74 Å². The van der Waals surface area contributed by atoms with E-state index >= 15 is 0 Å². The average Bonchev–Trinajstić information content (AvgIpc) is 2.90. The number of rotatable bonds is 26. The number of esters is 1. The number of carbonyl (C=O) groups is 1. The molecule has 2 unspecified atom stereocenters. The van der Waals surface area contributed by atoms with Crippen LogP contribution in [0.2, 0.25) is 0 Å². The molecule has 0 aliphatic carbocycles. The summed E-state index contributed by atoms with van der Waals surface area (Å²) in [6.45, 7) is 13.0. The van der Waals surface area contributed by atoms with Gasteiger partial charge in [-0.3, -0.25) is 0 Å². The van der Waals surface area contributed by atoms with E-state index in [2.05, 4.69) is 27.7 Å². The fourth-order valence-corrected chi connectivity index (χ4v) is 4.91. The minimum Gasteiger partial charge on any atom is -0.460 e. The third-order valence-electron chi connectivity index (χ3n) is 7.41. The Morgan fingerprint density at radius 2 is 0.917 bits per heavy atom. The highest BCUT2D eigenvalue weighted by Crippen LogP contribution is 2.23. The Morgan fingerprint density at radius 1 is 0.556 bits per heavy atom. The Morgan fingerprint density at radius 3 is 1.39 bits per heavy atom. The average molecular weight is 515 g/mol. The summed E-state index contributed by atoms with van der Waals surface area (Å²) in [6.07, 6.45) is 25.0. The smallest absolute Gasteiger partial charge is 0.340 e. The summed E-state index contributed by atoms with van der Waals surface area (Å²) in [5, 5.41) is 0. The third-order valence-corrected chi connectivity index (χ3v) is 7.41. The van der Waals surface area contributed by atoms with Crippen molar-refractivity contribution in [1.82, 2.24) is 0 Å². The number of hydrogen-bond donors (Lipinski definition) is 0. The Labute approximate surface area is 227 Å². The molecule has 0 aromatic heterocycles. The summed E-state index contributed by atoms with van der Waals surface area (Å²) < 4.78 is 20.2. The highest BCUT2D eigenvalue weighted by atomic mass is 19.1.